The zero-order valence-corrected chi connectivity index (χ0v) is 10.0. The summed E-state index contributed by atoms with van der Waals surface area (Å²) < 4.78 is 0. The molecule has 0 aromatic rings. The van der Waals surface area contributed by atoms with Crippen molar-refractivity contribution in [2.45, 2.75) is 45.6 Å². The van der Waals surface area contributed by atoms with Gasteiger partial charge < -0.3 is 4.90 Å². The summed E-state index contributed by atoms with van der Waals surface area (Å²) in [6.45, 7) is 7.94. The zero-order chi connectivity index (χ0) is 10.6. The summed E-state index contributed by atoms with van der Waals surface area (Å²) in [6.07, 6.45) is 10.6. The molecule has 0 spiro atoms. The van der Waals surface area contributed by atoms with Gasteiger partial charge in [-0.25, -0.2) is 0 Å². The fourth-order valence-corrected chi connectivity index (χ4v) is 1.49. The van der Waals surface area contributed by atoms with Crippen molar-refractivity contribution in [1.29, 1.82) is 0 Å². The quantitative estimate of drug-likeness (QED) is 0.664. The van der Waals surface area contributed by atoms with Crippen LogP contribution in [-0.4, -0.2) is 24.0 Å². The van der Waals surface area contributed by atoms with E-state index in [1.807, 2.05) is 0 Å². The van der Waals surface area contributed by atoms with E-state index in [1.54, 1.807) is 0 Å². The Bertz CT molecular complexity index is 230. The highest BCUT2D eigenvalue weighted by atomic mass is 15.1. The maximum Gasteiger partial charge on any atom is 0.0122 e. The molecule has 14 heavy (non-hydrogen) atoms. The van der Waals surface area contributed by atoms with Gasteiger partial charge in [0.15, 0.2) is 0 Å². The number of hydrogen-bond donors (Lipinski definition) is 0. The number of nitrogens with zero attached hydrogens (tertiary/aromatic N) is 1. The van der Waals surface area contributed by atoms with E-state index in [-0.39, 0.29) is 0 Å². The summed E-state index contributed by atoms with van der Waals surface area (Å²) in [5, 5.41) is 0. The Kier molecular flexibility index (Phi) is 3.94. The van der Waals surface area contributed by atoms with E-state index < -0.39 is 0 Å². The molecule has 0 radical (unpaired) electrons. The molecule has 0 heterocycles. The second kappa shape index (κ2) is 4.79. The number of rotatable bonds is 3. The highest BCUT2D eigenvalue weighted by molar-refractivity contribution is 5.22. The molecule has 1 aliphatic carbocycles. The fraction of sp³-hybridized carbons (Fsp3) is 0.692. The molecule has 0 bridgehead atoms. The first-order valence-electron chi connectivity index (χ1n) is 5.57. The molecule has 0 amide bonds. The van der Waals surface area contributed by atoms with Crippen molar-refractivity contribution in [2.24, 2.45) is 0 Å². The van der Waals surface area contributed by atoms with E-state index in [2.05, 4.69) is 50.9 Å². The van der Waals surface area contributed by atoms with Crippen LogP contribution in [0, 0.1) is 0 Å². The second-order valence-electron chi connectivity index (χ2n) is 5.10. The largest absolute Gasteiger partial charge is 0.301 e. The summed E-state index contributed by atoms with van der Waals surface area (Å²) in [7, 11) is 2.20. The maximum atomic E-state index is 2.41. The first-order valence-corrected chi connectivity index (χ1v) is 5.57. The van der Waals surface area contributed by atoms with Crippen LogP contribution in [0.2, 0.25) is 0 Å². The van der Waals surface area contributed by atoms with Crippen LogP contribution in [-0.2, 0) is 0 Å². The van der Waals surface area contributed by atoms with Crippen molar-refractivity contribution in [3.63, 3.8) is 0 Å². The lowest BCUT2D eigenvalue weighted by molar-refractivity contribution is 0.178. The van der Waals surface area contributed by atoms with Crippen molar-refractivity contribution in [3.8, 4) is 0 Å². The van der Waals surface area contributed by atoms with Gasteiger partial charge in [-0.05, 0) is 47.1 Å². The zero-order valence-electron chi connectivity index (χ0n) is 10.0. The molecule has 0 N–H and O–H groups in total. The third-order valence-electron chi connectivity index (χ3n) is 2.95. The Morgan fingerprint density at radius 1 is 1.29 bits per heavy atom. The molecule has 0 aliphatic heterocycles. The first kappa shape index (κ1) is 11.5. The van der Waals surface area contributed by atoms with Gasteiger partial charge in [0, 0.05) is 12.1 Å². The van der Waals surface area contributed by atoms with Crippen LogP contribution in [0.15, 0.2) is 23.8 Å². The van der Waals surface area contributed by atoms with Gasteiger partial charge in [-0.2, -0.15) is 0 Å². The minimum absolute atomic E-state index is 0.291. The predicted molar refractivity (Wildman–Crippen MR) is 63.5 cm³/mol. The van der Waals surface area contributed by atoms with Gasteiger partial charge in [-0.1, -0.05) is 23.8 Å². The van der Waals surface area contributed by atoms with Crippen molar-refractivity contribution in [2.75, 3.05) is 13.6 Å². The minimum atomic E-state index is 0.291. The van der Waals surface area contributed by atoms with Gasteiger partial charge in [0.1, 0.15) is 0 Å². The third-order valence-corrected chi connectivity index (χ3v) is 2.95. The molecule has 1 heteroatoms. The predicted octanol–water partition coefficient (Wildman–Crippen LogP) is 3.38. The molecule has 0 unspecified atom stereocenters. The van der Waals surface area contributed by atoms with Gasteiger partial charge in [0.2, 0.25) is 0 Å². The summed E-state index contributed by atoms with van der Waals surface area (Å²) in [5.74, 6) is 0. The summed E-state index contributed by atoms with van der Waals surface area (Å²) in [4.78, 5) is 2.41. The molecule has 0 aromatic heterocycles. The van der Waals surface area contributed by atoms with Crippen LogP contribution in [0.3, 0.4) is 0 Å². The number of hydrogen-bond acceptors (Lipinski definition) is 1. The SMILES string of the molecule is CN(CCC1=CCCC=C1)C(C)(C)C. The Labute approximate surface area is 88.5 Å². The standard InChI is InChI=1S/C13H23N/c1-13(2,3)14(4)11-10-12-8-6-5-7-9-12/h6,8-9H,5,7,10-11H2,1-4H3. The van der Waals surface area contributed by atoms with Crippen LogP contribution in [0.1, 0.15) is 40.0 Å². The molecule has 0 atom stereocenters. The van der Waals surface area contributed by atoms with Crippen LogP contribution in [0.25, 0.3) is 0 Å². The van der Waals surface area contributed by atoms with Gasteiger partial charge in [-0.15, -0.1) is 0 Å². The lowest BCUT2D eigenvalue weighted by Gasteiger charge is -2.32. The van der Waals surface area contributed by atoms with Crippen molar-refractivity contribution in [3.05, 3.63) is 23.8 Å². The van der Waals surface area contributed by atoms with Gasteiger partial charge >= 0.3 is 0 Å². The Morgan fingerprint density at radius 2 is 2.00 bits per heavy atom. The average molecular weight is 193 g/mol. The lowest BCUT2D eigenvalue weighted by Crippen LogP contribution is -2.38. The van der Waals surface area contributed by atoms with Crippen molar-refractivity contribution in [1.82, 2.24) is 4.90 Å². The molecule has 0 aromatic carbocycles. The summed E-state index contributed by atoms with van der Waals surface area (Å²) in [5.41, 5.74) is 1.80. The highest BCUT2D eigenvalue weighted by Gasteiger charge is 2.16. The molecule has 0 fully saturated rings. The fourth-order valence-electron chi connectivity index (χ4n) is 1.49. The Hall–Kier alpha value is -0.560. The highest BCUT2D eigenvalue weighted by Crippen LogP contribution is 2.16. The van der Waals surface area contributed by atoms with Gasteiger partial charge in [0.25, 0.3) is 0 Å². The lowest BCUT2D eigenvalue weighted by atomic mass is 10.0. The van der Waals surface area contributed by atoms with E-state index in [0.29, 0.717) is 5.54 Å². The molecular formula is C13H23N. The third kappa shape index (κ3) is 3.67. The first-order chi connectivity index (χ1) is 6.50. The van der Waals surface area contributed by atoms with Gasteiger partial charge in [-0.3, -0.25) is 0 Å². The van der Waals surface area contributed by atoms with Crippen LogP contribution >= 0.6 is 0 Å². The Morgan fingerprint density at radius 3 is 2.50 bits per heavy atom. The maximum absolute atomic E-state index is 2.41. The molecule has 1 rings (SSSR count). The van der Waals surface area contributed by atoms with Crippen molar-refractivity contribution < 1.29 is 0 Å². The van der Waals surface area contributed by atoms with Crippen molar-refractivity contribution >= 4 is 0 Å². The average Bonchev–Trinajstić information content (AvgIpc) is 2.14. The summed E-state index contributed by atoms with van der Waals surface area (Å²) in [6, 6.07) is 0. The van der Waals surface area contributed by atoms with E-state index in [1.165, 1.54) is 24.8 Å². The molecule has 0 saturated carbocycles. The molecule has 80 valence electrons. The van der Waals surface area contributed by atoms with Gasteiger partial charge in [0.05, 0.1) is 0 Å². The molecule has 1 nitrogen and oxygen atoms in total. The van der Waals surface area contributed by atoms with Crippen LogP contribution in [0.5, 0.6) is 0 Å². The number of allylic oxidation sites excluding steroid dienone is 3. The smallest absolute Gasteiger partial charge is 0.0122 e. The van der Waals surface area contributed by atoms with Crippen LogP contribution in [0.4, 0.5) is 0 Å². The summed E-state index contributed by atoms with van der Waals surface area (Å²) >= 11 is 0. The van der Waals surface area contributed by atoms with E-state index in [9.17, 15) is 0 Å². The topological polar surface area (TPSA) is 3.24 Å². The molecule has 0 saturated heterocycles. The van der Waals surface area contributed by atoms with E-state index in [4.69, 9.17) is 0 Å². The van der Waals surface area contributed by atoms with E-state index in [0.717, 1.165) is 6.54 Å². The van der Waals surface area contributed by atoms with E-state index >= 15 is 0 Å². The Balaban J connectivity index is 2.33. The molecule has 1 aliphatic rings. The normalized spacial score (nSPS) is 17.4. The molecular weight excluding hydrogens is 170 g/mol. The minimum Gasteiger partial charge on any atom is -0.301 e. The monoisotopic (exact) mass is 193 g/mol. The van der Waals surface area contributed by atoms with Crippen LogP contribution < -0.4 is 0 Å². The second-order valence-corrected chi connectivity index (χ2v) is 5.10.